The van der Waals surface area contributed by atoms with E-state index in [0.29, 0.717) is 5.41 Å². The van der Waals surface area contributed by atoms with Crippen molar-refractivity contribution in [3.05, 3.63) is 0 Å². The van der Waals surface area contributed by atoms with E-state index in [9.17, 15) is 0 Å². The lowest BCUT2D eigenvalue weighted by atomic mass is 9.75. The first kappa shape index (κ1) is 13.8. The molecule has 3 nitrogen and oxygen atoms in total. The summed E-state index contributed by atoms with van der Waals surface area (Å²) in [5, 5.41) is 0. The Morgan fingerprint density at radius 2 is 1.79 bits per heavy atom. The largest absolute Gasteiger partial charge is 0.381 e. The molecule has 0 bridgehead atoms. The van der Waals surface area contributed by atoms with Crippen molar-refractivity contribution in [1.29, 1.82) is 0 Å². The zero-order chi connectivity index (χ0) is 13.1. The third-order valence-corrected chi connectivity index (χ3v) is 5.88. The Hall–Kier alpha value is -0.120. The molecule has 0 spiro atoms. The highest BCUT2D eigenvalue weighted by atomic mass is 16.5. The van der Waals surface area contributed by atoms with Gasteiger partial charge in [0.05, 0.1) is 0 Å². The monoisotopic (exact) mass is 266 g/mol. The fraction of sp³-hybridized carbons (Fsp3) is 1.00. The van der Waals surface area contributed by atoms with E-state index in [4.69, 9.17) is 10.5 Å². The molecule has 0 amide bonds. The number of nitrogens with two attached hydrogens (primary N) is 1. The van der Waals surface area contributed by atoms with Crippen molar-refractivity contribution in [3.8, 4) is 0 Å². The van der Waals surface area contributed by atoms with Gasteiger partial charge in [0.2, 0.25) is 0 Å². The second-order valence-electron chi connectivity index (χ2n) is 7.04. The van der Waals surface area contributed by atoms with Crippen LogP contribution in [0.15, 0.2) is 0 Å². The van der Waals surface area contributed by atoms with Gasteiger partial charge in [-0.2, -0.15) is 0 Å². The van der Waals surface area contributed by atoms with Gasteiger partial charge in [0.1, 0.15) is 0 Å². The molecule has 3 heteroatoms. The quantitative estimate of drug-likeness (QED) is 0.852. The summed E-state index contributed by atoms with van der Waals surface area (Å²) in [4.78, 5) is 2.81. The van der Waals surface area contributed by atoms with Crippen molar-refractivity contribution < 1.29 is 4.74 Å². The van der Waals surface area contributed by atoms with E-state index in [2.05, 4.69) is 4.90 Å². The molecule has 0 aromatic heterocycles. The van der Waals surface area contributed by atoms with Gasteiger partial charge in [-0.1, -0.05) is 12.8 Å². The molecule has 2 atom stereocenters. The van der Waals surface area contributed by atoms with Crippen LogP contribution in [0.3, 0.4) is 0 Å². The summed E-state index contributed by atoms with van der Waals surface area (Å²) >= 11 is 0. The Morgan fingerprint density at radius 3 is 2.58 bits per heavy atom. The van der Waals surface area contributed by atoms with Crippen LogP contribution in [0.4, 0.5) is 0 Å². The van der Waals surface area contributed by atoms with Crippen LogP contribution in [0.5, 0.6) is 0 Å². The van der Waals surface area contributed by atoms with E-state index in [1.807, 2.05) is 0 Å². The second kappa shape index (κ2) is 6.11. The molecule has 0 radical (unpaired) electrons. The highest BCUT2D eigenvalue weighted by molar-refractivity contribution is 4.93. The lowest BCUT2D eigenvalue weighted by Crippen LogP contribution is -2.53. The molecule has 2 heterocycles. The van der Waals surface area contributed by atoms with Crippen LogP contribution in [-0.4, -0.2) is 43.8 Å². The van der Waals surface area contributed by atoms with Gasteiger partial charge in [0.25, 0.3) is 0 Å². The molecular formula is C16H30N2O. The molecule has 2 aliphatic heterocycles. The molecule has 2 saturated heterocycles. The summed E-state index contributed by atoms with van der Waals surface area (Å²) in [5.74, 6) is 0.983. The van der Waals surface area contributed by atoms with Gasteiger partial charge in [-0.3, -0.25) is 4.90 Å². The van der Waals surface area contributed by atoms with Crippen molar-refractivity contribution in [1.82, 2.24) is 4.90 Å². The molecule has 19 heavy (non-hydrogen) atoms. The summed E-state index contributed by atoms with van der Waals surface area (Å²) in [6, 6.07) is 0.869. The SMILES string of the molecule is NCC1(CN2CCC[C@H]3CCCC[C@H]32)CCOCC1. The third kappa shape index (κ3) is 2.98. The molecule has 0 aromatic rings. The average molecular weight is 266 g/mol. The maximum atomic E-state index is 6.14. The number of ether oxygens (including phenoxy) is 1. The van der Waals surface area contributed by atoms with Gasteiger partial charge in [-0.25, -0.2) is 0 Å². The predicted octanol–water partition coefficient (Wildman–Crippen LogP) is 2.40. The van der Waals surface area contributed by atoms with Crippen LogP contribution in [-0.2, 0) is 4.74 Å². The van der Waals surface area contributed by atoms with Gasteiger partial charge in [0, 0.05) is 25.8 Å². The Labute approximate surface area is 117 Å². The highest BCUT2D eigenvalue weighted by Crippen LogP contribution is 2.38. The van der Waals surface area contributed by atoms with Gasteiger partial charge < -0.3 is 10.5 Å². The molecule has 3 rings (SSSR count). The van der Waals surface area contributed by atoms with Crippen LogP contribution in [0, 0.1) is 11.3 Å². The summed E-state index contributed by atoms with van der Waals surface area (Å²) < 4.78 is 5.55. The minimum atomic E-state index is 0.345. The molecule has 3 aliphatic rings. The van der Waals surface area contributed by atoms with Gasteiger partial charge in [0.15, 0.2) is 0 Å². The zero-order valence-corrected chi connectivity index (χ0v) is 12.3. The first-order chi connectivity index (χ1) is 9.33. The first-order valence-electron chi connectivity index (χ1n) is 8.35. The molecule has 3 fully saturated rings. The van der Waals surface area contributed by atoms with E-state index in [-0.39, 0.29) is 0 Å². The highest BCUT2D eigenvalue weighted by Gasteiger charge is 2.39. The van der Waals surface area contributed by atoms with E-state index in [0.717, 1.165) is 44.6 Å². The van der Waals surface area contributed by atoms with E-state index < -0.39 is 0 Å². The second-order valence-corrected chi connectivity index (χ2v) is 7.04. The molecule has 0 aromatic carbocycles. The number of hydrogen-bond acceptors (Lipinski definition) is 3. The lowest BCUT2D eigenvalue weighted by molar-refractivity contribution is -0.0292. The number of nitrogens with zero attached hydrogens (tertiary/aromatic N) is 1. The van der Waals surface area contributed by atoms with Crippen molar-refractivity contribution in [2.24, 2.45) is 17.1 Å². The van der Waals surface area contributed by atoms with Crippen molar-refractivity contribution >= 4 is 0 Å². The van der Waals surface area contributed by atoms with Gasteiger partial charge in [-0.05, 0) is 62.9 Å². The number of likely N-dealkylation sites (tertiary alicyclic amines) is 1. The standard InChI is InChI=1S/C16H30N2O/c17-12-16(7-10-19-11-8-16)13-18-9-3-5-14-4-1-2-6-15(14)18/h14-15H,1-13,17H2/t14-,15-/m1/s1. The van der Waals surface area contributed by atoms with Gasteiger partial charge in [-0.15, -0.1) is 0 Å². The van der Waals surface area contributed by atoms with Crippen molar-refractivity contribution in [3.63, 3.8) is 0 Å². The fourth-order valence-electron chi connectivity index (χ4n) is 4.59. The molecule has 110 valence electrons. The van der Waals surface area contributed by atoms with E-state index in [1.165, 1.54) is 51.6 Å². The van der Waals surface area contributed by atoms with E-state index >= 15 is 0 Å². The summed E-state index contributed by atoms with van der Waals surface area (Å²) in [7, 11) is 0. The zero-order valence-electron chi connectivity index (χ0n) is 12.3. The Bertz CT molecular complexity index is 286. The minimum absolute atomic E-state index is 0.345. The predicted molar refractivity (Wildman–Crippen MR) is 78.1 cm³/mol. The summed E-state index contributed by atoms with van der Waals surface area (Å²) in [5.41, 5.74) is 6.49. The maximum Gasteiger partial charge on any atom is 0.0472 e. The topological polar surface area (TPSA) is 38.5 Å². The van der Waals surface area contributed by atoms with Crippen LogP contribution in [0.2, 0.25) is 0 Å². The first-order valence-corrected chi connectivity index (χ1v) is 8.35. The van der Waals surface area contributed by atoms with Gasteiger partial charge >= 0.3 is 0 Å². The maximum absolute atomic E-state index is 6.14. The minimum Gasteiger partial charge on any atom is -0.381 e. The average Bonchev–Trinajstić information content (AvgIpc) is 2.49. The van der Waals surface area contributed by atoms with Crippen molar-refractivity contribution in [2.45, 2.75) is 57.4 Å². The van der Waals surface area contributed by atoms with Crippen LogP contribution in [0.25, 0.3) is 0 Å². The molecular weight excluding hydrogens is 236 g/mol. The summed E-state index contributed by atoms with van der Waals surface area (Å²) in [6.45, 7) is 5.21. The molecule has 2 N–H and O–H groups in total. The van der Waals surface area contributed by atoms with Crippen LogP contribution < -0.4 is 5.73 Å². The molecule has 1 aliphatic carbocycles. The number of hydrogen-bond donors (Lipinski definition) is 1. The Morgan fingerprint density at radius 1 is 1.05 bits per heavy atom. The normalized spacial score (nSPS) is 35.8. The summed E-state index contributed by atoms with van der Waals surface area (Å²) in [6.07, 6.45) is 11.0. The molecule has 0 unspecified atom stereocenters. The van der Waals surface area contributed by atoms with E-state index in [1.54, 1.807) is 0 Å². The number of rotatable bonds is 3. The van der Waals surface area contributed by atoms with Crippen LogP contribution >= 0.6 is 0 Å². The Balaban J connectivity index is 1.66. The van der Waals surface area contributed by atoms with Crippen molar-refractivity contribution in [2.75, 3.05) is 32.8 Å². The lowest BCUT2D eigenvalue weighted by Gasteiger charge is -2.49. The number of piperidine rings is 1. The fourth-order valence-corrected chi connectivity index (χ4v) is 4.59. The smallest absolute Gasteiger partial charge is 0.0472 e. The third-order valence-electron chi connectivity index (χ3n) is 5.88. The van der Waals surface area contributed by atoms with Crippen LogP contribution in [0.1, 0.15) is 51.4 Å². The Kier molecular flexibility index (Phi) is 4.45. The molecule has 1 saturated carbocycles. The number of fused-ring (bicyclic) bond motifs is 1.